The number of hydrogen-bond acceptors (Lipinski definition) is 5. The Balaban J connectivity index is 1.96. The highest BCUT2D eigenvalue weighted by atomic mass is 32.2. The lowest BCUT2D eigenvalue weighted by atomic mass is 10.2. The number of methoxy groups -OCH3 is 2. The SMILES string of the molecule is COC1CN(C2CNCC2SC)CC1OC. The first-order valence-electron chi connectivity index (χ1n) is 5.83. The van der Waals surface area contributed by atoms with Crippen molar-refractivity contribution in [3.05, 3.63) is 0 Å². The largest absolute Gasteiger partial charge is 0.377 e. The van der Waals surface area contributed by atoms with Crippen molar-refractivity contribution in [3.63, 3.8) is 0 Å². The van der Waals surface area contributed by atoms with Crippen molar-refractivity contribution in [3.8, 4) is 0 Å². The molecule has 0 bridgehead atoms. The number of hydrogen-bond donors (Lipinski definition) is 1. The molecular formula is C11H22N2O2S. The fraction of sp³-hybridized carbons (Fsp3) is 1.00. The topological polar surface area (TPSA) is 33.7 Å². The molecule has 0 aromatic heterocycles. The van der Waals surface area contributed by atoms with Gasteiger partial charge in [-0.25, -0.2) is 0 Å². The molecule has 1 N–H and O–H groups in total. The molecule has 2 aliphatic heterocycles. The molecule has 5 heteroatoms. The van der Waals surface area contributed by atoms with E-state index in [0.717, 1.165) is 26.2 Å². The molecule has 2 fully saturated rings. The van der Waals surface area contributed by atoms with Gasteiger partial charge in [0.25, 0.3) is 0 Å². The molecule has 2 aliphatic rings. The van der Waals surface area contributed by atoms with Gasteiger partial charge in [-0.1, -0.05) is 0 Å². The van der Waals surface area contributed by atoms with E-state index in [1.54, 1.807) is 14.2 Å². The van der Waals surface area contributed by atoms with Crippen LogP contribution in [0.25, 0.3) is 0 Å². The van der Waals surface area contributed by atoms with Gasteiger partial charge in [-0.05, 0) is 6.26 Å². The minimum absolute atomic E-state index is 0.230. The molecule has 2 rings (SSSR count). The standard InChI is InChI=1S/C11H22N2O2S/c1-14-9-6-13(7-10(9)15-2)8-4-12-5-11(8)16-3/h8-12H,4-7H2,1-3H3. The molecule has 0 spiro atoms. The molecule has 0 amide bonds. The van der Waals surface area contributed by atoms with Crippen molar-refractivity contribution in [2.24, 2.45) is 0 Å². The van der Waals surface area contributed by atoms with Crippen molar-refractivity contribution in [1.29, 1.82) is 0 Å². The summed E-state index contributed by atoms with van der Waals surface area (Å²) in [6.07, 6.45) is 2.66. The Morgan fingerprint density at radius 3 is 2.25 bits per heavy atom. The van der Waals surface area contributed by atoms with Crippen LogP contribution in [0.15, 0.2) is 0 Å². The highest BCUT2D eigenvalue weighted by Crippen LogP contribution is 2.25. The Labute approximate surface area is 102 Å². The van der Waals surface area contributed by atoms with Crippen LogP contribution >= 0.6 is 11.8 Å². The maximum atomic E-state index is 5.48. The summed E-state index contributed by atoms with van der Waals surface area (Å²) >= 11 is 1.96. The maximum absolute atomic E-state index is 5.48. The maximum Gasteiger partial charge on any atom is 0.0971 e. The third-order valence-electron chi connectivity index (χ3n) is 3.75. The fourth-order valence-corrected chi connectivity index (χ4v) is 3.61. The molecule has 4 unspecified atom stereocenters. The predicted molar refractivity (Wildman–Crippen MR) is 67.1 cm³/mol. The first-order valence-corrected chi connectivity index (χ1v) is 7.12. The van der Waals surface area contributed by atoms with Crippen LogP contribution < -0.4 is 5.32 Å². The molecule has 2 saturated heterocycles. The lowest BCUT2D eigenvalue weighted by Gasteiger charge is -2.27. The van der Waals surface area contributed by atoms with E-state index in [1.165, 1.54) is 0 Å². The third kappa shape index (κ3) is 2.38. The molecule has 0 aromatic carbocycles. The van der Waals surface area contributed by atoms with Crippen LogP contribution in [0.5, 0.6) is 0 Å². The van der Waals surface area contributed by atoms with E-state index < -0.39 is 0 Å². The van der Waals surface area contributed by atoms with E-state index in [4.69, 9.17) is 9.47 Å². The van der Waals surface area contributed by atoms with Gasteiger partial charge in [-0.15, -0.1) is 0 Å². The Hall–Kier alpha value is 0.190. The Morgan fingerprint density at radius 1 is 1.12 bits per heavy atom. The molecule has 0 radical (unpaired) electrons. The molecule has 4 atom stereocenters. The summed E-state index contributed by atoms with van der Waals surface area (Å²) in [7, 11) is 3.55. The number of rotatable bonds is 4. The normalized spacial score (nSPS) is 40.7. The molecular weight excluding hydrogens is 224 g/mol. The number of nitrogens with one attached hydrogen (secondary N) is 1. The van der Waals surface area contributed by atoms with Crippen LogP contribution in [0.4, 0.5) is 0 Å². The fourth-order valence-electron chi connectivity index (χ4n) is 2.74. The molecule has 16 heavy (non-hydrogen) atoms. The van der Waals surface area contributed by atoms with Crippen molar-refractivity contribution in [1.82, 2.24) is 10.2 Å². The second-order valence-electron chi connectivity index (χ2n) is 4.50. The molecule has 0 aromatic rings. The molecule has 94 valence electrons. The zero-order valence-corrected chi connectivity index (χ0v) is 11.1. The average Bonchev–Trinajstić information content (AvgIpc) is 2.93. The second-order valence-corrected chi connectivity index (χ2v) is 5.58. The second kappa shape index (κ2) is 5.69. The van der Waals surface area contributed by atoms with Gasteiger partial charge in [-0.3, -0.25) is 4.90 Å². The van der Waals surface area contributed by atoms with Crippen LogP contribution in [0, 0.1) is 0 Å². The third-order valence-corrected chi connectivity index (χ3v) is 4.84. The highest BCUT2D eigenvalue weighted by Gasteiger charge is 2.40. The predicted octanol–water partition coefficient (Wildman–Crippen LogP) is 0.0354. The minimum Gasteiger partial charge on any atom is -0.377 e. The first-order chi connectivity index (χ1) is 7.80. The summed E-state index contributed by atoms with van der Waals surface area (Å²) in [5, 5.41) is 4.17. The number of thioether (sulfide) groups is 1. The lowest BCUT2D eigenvalue weighted by molar-refractivity contribution is -0.00461. The van der Waals surface area contributed by atoms with E-state index >= 15 is 0 Å². The van der Waals surface area contributed by atoms with Gasteiger partial charge in [-0.2, -0.15) is 11.8 Å². The number of nitrogens with zero attached hydrogens (tertiary/aromatic N) is 1. The van der Waals surface area contributed by atoms with Crippen LogP contribution in [-0.2, 0) is 9.47 Å². The van der Waals surface area contributed by atoms with Crippen molar-refractivity contribution < 1.29 is 9.47 Å². The quantitative estimate of drug-likeness (QED) is 0.757. The Kier molecular flexibility index (Phi) is 4.49. The van der Waals surface area contributed by atoms with Crippen LogP contribution in [-0.4, -0.2) is 75.1 Å². The van der Waals surface area contributed by atoms with Gasteiger partial charge in [0, 0.05) is 51.7 Å². The van der Waals surface area contributed by atoms with Crippen molar-refractivity contribution >= 4 is 11.8 Å². The Bertz CT molecular complexity index is 218. The molecule has 0 aliphatic carbocycles. The molecule has 4 nitrogen and oxygen atoms in total. The minimum atomic E-state index is 0.230. The Morgan fingerprint density at radius 2 is 1.75 bits per heavy atom. The zero-order chi connectivity index (χ0) is 11.5. The highest BCUT2D eigenvalue weighted by molar-refractivity contribution is 7.99. The van der Waals surface area contributed by atoms with Gasteiger partial charge >= 0.3 is 0 Å². The van der Waals surface area contributed by atoms with E-state index in [2.05, 4.69) is 16.5 Å². The summed E-state index contributed by atoms with van der Waals surface area (Å²) in [6.45, 7) is 4.22. The van der Waals surface area contributed by atoms with E-state index in [9.17, 15) is 0 Å². The van der Waals surface area contributed by atoms with Gasteiger partial charge in [0.2, 0.25) is 0 Å². The summed E-state index contributed by atoms with van der Waals surface area (Å²) in [5.74, 6) is 0. The van der Waals surface area contributed by atoms with E-state index in [0.29, 0.717) is 11.3 Å². The lowest BCUT2D eigenvalue weighted by Crippen LogP contribution is -2.41. The smallest absolute Gasteiger partial charge is 0.0971 e. The summed E-state index contributed by atoms with van der Waals surface area (Å²) in [5.41, 5.74) is 0. The number of ether oxygens (including phenoxy) is 2. The number of likely N-dealkylation sites (tertiary alicyclic amines) is 1. The van der Waals surface area contributed by atoms with Crippen molar-refractivity contribution in [2.45, 2.75) is 23.5 Å². The average molecular weight is 246 g/mol. The monoisotopic (exact) mass is 246 g/mol. The molecule has 2 heterocycles. The van der Waals surface area contributed by atoms with E-state index in [1.807, 2.05) is 11.8 Å². The van der Waals surface area contributed by atoms with E-state index in [-0.39, 0.29) is 12.2 Å². The summed E-state index contributed by atoms with van der Waals surface area (Å²) in [6, 6.07) is 0.632. The summed E-state index contributed by atoms with van der Waals surface area (Å²) < 4.78 is 11.0. The zero-order valence-electron chi connectivity index (χ0n) is 10.3. The summed E-state index contributed by atoms with van der Waals surface area (Å²) in [4.78, 5) is 2.52. The van der Waals surface area contributed by atoms with Crippen LogP contribution in [0.1, 0.15) is 0 Å². The first kappa shape index (κ1) is 12.6. The van der Waals surface area contributed by atoms with Crippen LogP contribution in [0.2, 0.25) is 0 Å². The van der Waals surface area contributed by atoms with Crippen molar-refractivity contribution in [2.75, 3.05) is 46.7 Å². The van der Waals surface area contributed by atoms with Crippen LogP contribution in [0.3, 0.4) is 0 Å². The van der Waals surface area contributed by atoms with Gasteiger partial charge in [0.05, 0.1) is 12.2 Å². The van der Waals surface area contributed by atoms with Gasteiger partial charge in [0.15, 0.2) is 0 Å². The van der Waals surface area contributed by atoms with Gasteiger partial charge < -0.3 is 14.8 Å². The van der Waals surface area contributed by atoms with Gasteiger partial charge in [0.1, 0.15) is 0 Å². The molecule has 0 saturated carbocycles.